The molecule has 126 valence electrons. The van der Waals surface area contributed by atoms with Crippen molar-refractivity contribution in [2.24, 2.45) is 0 Å². The van der Waals surface area contributed by atoms with Crippen molar-refractivity contribution in [3.05, 3.63) is 28.8 Å². The molecule has 1 saturated carbocycles. The predicted octanol–water partition coefficient (Wildman–Crippen LogP) is 4.16. The summed E-state index contributed by atoms with van der Waals surface area (Å²) in [6, 6.07) is 5.61. The van der Waals surface area contributed by atoms with E-state index in [1.54, 1.807) is 17.9 Å². The van der Waals surface area contributed by atoms with E-state index < -0.39 is 0 Å². The quantitative estimate of drug-likeness (QED) is 0.839. The molecule has 1 aromatic rings. The zero-order valence-electron chi connectivity index (χ0n) is 13.9. The van der Waals surface area contributed by atoms with Gasteiger partial charge in [-0.2, -0.15) is 0 Å². The molecule has 2 amide bonds. The number of aryl methyl sites for hydroxylation is 1. The topological polar surface area (TPSA) is 49.4 Å². The van der Waals surface area contributed by atoms with Crippen LogP contribution in [0, 0.1) is 6.92 Å². The lowest BCUT2D eigenvalue weighted by atomic mass is 10.1. The van der Waals surface area contributed by atoms with Gasteiger partial charge in [0.1, 0.15) is 6.54 Å². The Labute approximate surface area is 143 Å². The van der Waals surface area contributed by atoms with Gasteiger partial charge in [0.15, 0.2) is 0 Å². The average molecular weight is 337 g/mol. The fourth-order valence-electron chi connectivity index (χ4n) is 3.09. The highest BCUT2D eigenvalue weighted by molar-refractivity contribution is 6.31. The minimum absolute atomic E-state index is 0.0333. The molecular weight excluding hydrogens is 312 g/mol. The van der Waals surface area contributed by atoms with Crippen LogP contribution in [0.25, 0.3) is 0 Å². The number of carbonyl (C=O) groups excluding carboxylic acids is 2. The zero-order valence-corrected chi connectivity index (χ0v) is 14.7. The fraction of sp³-hybridized carbons (Fsp3) is 0.556. The van der Waals surface area contributed by atoms with E-state index in [1.807, 2.05) is 19.1 Å². The lowest BCUT2D eigenvalue weighted by Crippen LogP contribution is -2.43. The highest BCUT2D eigenvalue weighted by atomic mass is 35.5. The monoisotopic (exact) mass is 336 g/mol. The van der Waals surface area contributed by atoms with Crippen molar-refractivity contribution in [2.45, 2.75) is 58.4 Å². The van der Waals surface area contributed by atoms with Crippen LogP contribution in [0.1, 0.15) is 51.0 Å². The molecule has 2 rings (SSSR count). The number of amides is 2. The molecule has 0 saturated heterocycles. The highest BCUT2D eigenvalue weighted by Gasteiger charge is 2.24. The predicted molar refractivity (Wildman–Crippen MR) is 93.7 cm³/mol. The molecule has 0 heterocycles. The second-order valence-corrected chi connectivity index (χ2v) is 6.71. The van der Waals surface area contributed by atoms with Crippen LogP contribution in [0.5, 0.6) is 0 Å². The summed E-state index contributed by atoms with van der Waals surface area (Å²) in [5.41, 5.74) is 1.63. The number of hydrogen-bond donors (Lipinski definition) is 1. The third kappa shape index (κ3) is 5.24. The number of carbonyl (C=O) groups is 2. The Morgan fingerprint density at radius 2 is 1.87 bits per heavy atom. The summed E-state index contributed by atoms with van der Waals surface area (Å²) >= 11 is 6.08. The molecule has 0 aliphatic heterocycles. The van der Waals surface area contributed by atoms with Gasteiger partial charge in [0.05, 0.1) is 0 Å². The Bertz CT molecular complexity index is 566. The molecule has 0 radical (unpaired) electrons. The lowest BCUT2D eigenvalue weighted by Gasteiger charge is -2.29. The number of halogens is 1. The van der Waals surface area contributed by atoms with Crippen molar-refractivity contribution in [3.8, 4) is 0 Å². The van der Waals surface area contributed by atoms with Crippen molar-refractivity contribution in [1.82, 2.24) is 4.90 Å². The Hall–Kier alpha value is -1.55. The van der Waals surface area contributed by atoms with Gasteiger partial charge in [0, 0.05) is 23.7 Å². The van der Waals surface area contributed by atoms with Crippen LogP contribution in [0.15, 0.2) is 18.2 Å². The van der Waals surface area contributed by atoms with Crippen LogP contribution in [-0.4, -0.2) is 29.3 Å². The summed E-state index contributed by atoms with van der Waals surface area (Å²) in [6.45, 7) is 3.56. The second kappa shape index (κ2) is 8.34. The van der Waals surface area contributed by atoms with Gasteiger partial charge < -0.3 is 10.2 Å². The molecular formula is C18H25ClN2O2. The summed E-state index contributed by atoms with van der Waals surface area (Å²) in [5.74, 6) is -0.210. The van der Waals surface area contributed by atoms with E-state index >= 15 is 0 Å². The maximum absolute atomic E-state index is 12.3. The van der Waals surface area contributed by atoms with Crippen molar-refractivity contribution in [2.75, 3.05) is 11.9 Å². The highest BCUT2D eigenvalue weighted by Crippen LogP contribution is 2.23. The Morgan fingerprint density at radius 1 is 1.22 bits per heavy atom. The van der Waals surface area contributed by atoms with E-state index in [0.29, 0.717) is 10.7 Å². The number of hydrogen-bond acceptors (Lipinski definition) is 2. The summed E-state index contributed by atoms with van der Waals surface area (Å²) < 4.78 is 0. The first-order chi connectivity index (χ1) is 11.0. The molecule has 1 N–H and O–H groups in total. The molecule has 1 fully saturated rings. The first-order valence-corrected chi connectivity index (χ1v) is 8.68. The van der Waals surface area contributed by atoms with Crippen molar-refractivity contribution >= 4 is 29.1 Å². The summed E-state index contributed by atoms with van der Waals surface area (Å²) in [5, 5.41) is 3.45. The third-order valence-corrected chi connectivity index (χ3v) is 4.85. The number of anilines is 1. The molecule has 4 nitrogen and oxygen atoms in total. The van der Waals surface area contributed by atoms with Crippen LogP contribution in [-0.2, 0) is 9.59 Å². The summed E-state index contributed by atoms with van der Waals surface area (Å²) in [7, 11) is 0. The van der Waals surface area contributed by atoms with E-state index in [-0.39, 0.29) is 24.4 Å². The second-order valence-electron chi connectivity index (χ2n) is 6.30. The Morgan fingerprint density at radius 3 is 2.43 bits per heavy atom. The Balaban J connectivity index is 1.99. The summed E-state index contributed by atoms with van der Waals surface area (Å²) in [4.78, 5) is 26.0. The average Bonchev–Trinajstić information content (AvgIpc) is 2.77. The smallest absolute Gasteiger partial charge is 0.244 e. The van der Waals surface area contributed by atoms with Crippen LogP contribution in [0.4, 0.5) is 5.69 Å². The van der Waals surface area contributed by atoms with E-state index in [4.69, 9.17) is 11.6 Å². The molecule has 5 heteroatoms. The van der Waals surface area contributed by atoms with Gasteiger partial charge in [-0.25, -0.2) is 0 Å². The zero-order chi connectivity index (χ0) is 16.8. The van der Waals surface area contributed by atoms with Gasteiger partial charge >= 0.3 is 0 Å². The molecule has 0 bridgehead atoms. The lowest BCUT2D eigenvalue weighted by molar-refractivity contribution is -0.135. The van der Waals surface area contributed by atoms with Crippen molar-refractivity contribution in [3.63, 3.8) is 0 Å². The van der Waals surface area contributed by atoms with Gasteiger partial charge in [-0.15, -0.1) is 0 Å². The van der Waals surface area contributed by atoms with Crippen LogP contribution in [0.3, 0.4) is 0 Å². The first-order valence-electron chi connectivity index (χ1n) is 8.30. The molecule has 0 spiro atoms. The van der Waals surface area contributed by atoms with Crippen molar-refractivity contribution in [1.29, 1.82) is 0 Å². The largest absolute Gasteiger partial charge is 0.331 e. The SMILES string of the molecule is CC(=O)N(CC(=O)Nc1ccc(C)c(Cl)c1)C1CCCCCC1. The minimum Gasteiger partial charge on any atom is -0.331 e. The maximum Gasteiger partial charge on any atom is 0.244 e. The van der Waals surface area contributed by atoms with Crippen LogP contribution < -0.4 is 5.32 Å². The summed E-state index contributed by atoms with van der Waals surface area (Å²) in [6.07, 6.45) is 6.67. The van der Waals surface area contributed by atoms with E-state index in [1.165, 1.54) is 12.8 Å². The number of nitrogens with zero attached hydrogens (tertiary/aromatic N) is 1. The molecule has 1 aliphatic rings. The van der Waals surface area contributed by atoms with Gasteiger partial charge in [-0.05, 0) is 37.5 Å². The molecule has 23 heavy (non-hydrogen) atoms. The standard InChI is InChI=1S/C18H25ClN2O2/c1-13-9-10-15(11-17(13)19)20-18(23)12-21(14(2)22)16-7-5-3-4-6-8-16/h9-11,16H,3-8,12H2,1-2H3,(H,20,23). The third-order valence-electron chi connectivity index (χ3n) is 4.44. The molecule has 0 unspecified atom stereocenters. The number of rotatable bonds is 4. The number of nitrogens with one attached hydrogen (secondary N) is 1. The number of benzene rings is 1. The van der Waals surface area contributed by atoms with E-state index in [2.05, 4.69) is 5.32 Å². The fourth-order valence-corrected chi connectivity index (χ4v) is 3.27. The van der Waals surface area contributed by atoms with Crippen LogP contribution >= 0.6 is 11.6 Å². The van der Waals surface area contributed by atoms with E-state index in [9.17, 15) is 9.59 Å². The normalized spacial score (nSPS) is 15.8. The molecule has 1 aromatic carbocycles. The Kier molecular flexibility index (Phi) is 6.46. The van der Waals surface area contributed by atoms with Crippen LogP contribution in [0.2, 0.25) is 5.02 Å². The molecule has 0 aromatic heterocycles. The maximum atomic E-state index is 12.3. The van der Waals surface area contributed by atoms with E-state index in [0.717, 1.165) is 31.2 Å². The molecule has 0 atom stereocenters. The molecule has 1 aliphatic carbocycles. The first kappa shape index (κ1) is 17.8. The van der Waals surface area contributed by atoms with Gasteiger partial charge in [0.2, 0.25) is 11.8 Å². The van der Waals surface area contributed by atoms with Gasteiger partial charge in [-0.3, -0.25) is 9.59 Å². The minimum atomic E-state index is -0.177. The van der Waals surface area contributed by atoms with Gasteiger partial charge in [0.25, 0.3) is 0 Å². The van der Waals surface area contributed by atoms with Crippen molar-refractivity contribution < 1.29 is 9.59 Å². The van der Waals surface area contributed by atoms with Gasteiger partial charge in [-0.1, -0.05) is 43.4 Å².